The Morgan fingerprint density at radius 2 is 1.47 bits per heavy atom. The van der Waals surface area contributed by atoms with Gasteiger partial charge >= 0.3 is 5.97 Å². The molecule has 5 rings (SSSR count). The number of aromatic nitrogens is 2. The molecule has 1 atom stereocenters. The molecule has 2 aromatic heterocycles. The largest absolute Gasteiger partial charge is 0.459 e. The SMILES string of the molecule is O=C(NC(Cc1ccccc1)(C(=O)OCc1ccccc1)c1c[nH]c2ccccc12)c1ccccn1. The topological polar surface area (TPSA) is 84.1 Å². The van der Waals surface area contributed by atoms with Crippen molar-refractivity contribution in [1.29, 1.82) is 0 Å². The summed E-state index contributed by atoms with van der Waals surface area (Å²) in [5, 5.41) is 3.86. The molecule has 0 spiro atoms. The predicted molar refractivity (Wildman–Crippen MR) is 138 cm³/mol. The molecule has 0 saturated carbocycles. The Kier molecular flexibility index (Phi) is 6.58. The minimum absolute atomic E-state index is 0.0814. The molecular formula is C30H25N3O3. The molecule has 0 fully saturated rings. The second-order valence-electron chi connectivity index (χ2n) is 8.55. The van der Waals surface area contributed by atoms with Crippen molar-refractivity contribution in [2.24, 2.45) is 0 Å². The van der Waals surface area contributed by atoms with Gasteiger partial charge in [-0.3, -0.25) is 9.78 Å². The van der Waals surface area contributed by atoms with Crippen molar-refractivity contribution < 1.29 is 14.3 Å². The molecule has 0 radical (unpaired) electrons. The molecule has 178 valence electrons. The normalized spacial score (nSPS) is 12.6. The first kappa shape index (κ1) is 23.1. The van der Waals surface area contributed by atoms with Gasteiger partial charge in [0.25, 0.3) is 5.91 Å². The van der Waals surface area contributed by atoms with E-state index < -0.39 is 17.4 Å². The van der Waals surface area contributed by atoms with Gasteiger partial charge in [0.05, 0.1) is 0 Å². The third-order valence-corrected chi connectivity index (χ3v) is 6.15. The van der Waals surface area contributed by atoms with Crippen molar-refractivity contribution in [1.82, 2.24) is 15.3 Å². The number of aromatic amines is 1. The molecule has 0 aliphatic carbocycles. The number of esters is 1. The van der Waals surface area contributed by atoms with Crippen molar-refractivity contribution in [3.63, 3.8) is 0 Å². The summed E-state index contributed by atoms with van der Waals surface area (Å²) < 4.78 is 5.89. The third-order valence-electron chi connectivity index (χ3n) is 6.15. The molecule has 1 unspecified atom stereocenters. The Bertz CT molecular complexity index is 1470. The molecule has 2 heterocycles. The van der Waals surface area contributed by atoms with Crippen LogP contribution >= 0.6 is 0 Å². The lowest BCUT2D eigenvalue weighted by atomic mass is 9.83. The van der Waals surface area contributed by atoms with Crippen LogP contribution in [0.1, 0.15) is 27.2 Å². The monoisotopic (exact) mass is 475 g/mol. The first-order valence-corrected chi connectivity index (χ1v) is 11.7. The number of para-hydroxylation sites is 1. The summed E-state index contributed by atoms with van der Waals surface area (Å²) in [6, 6.07) is 31.8. The van der Waals surface area contributed by atoms with E-state index in [4.69, 9.17) is 4.74 Å². The number of pyridine rings is 1. The predicted octanol–water partition coefficient (Wildman–Crippen LogP) is 5.17. The highest BCUT2D eigenvalue weighted by Crippen LogP contribution is 2.34. The van der Waals surface area contributed by atoms with Crippen molar-refractivity contribution in [3.8, 4) is 0 Å². The minimum atomic E-state index is -1.51. The van der Waals surface area contributed by atoms with E-state index in [1.54, 1.807) is 30.6 Å². The van der Waals surface area contributed by atoms with E-state index >= 15 is 0 Å². The fourth-order valence-electron chi connectivity index (χ4n) is 4.37. The lowest BCUT2D eigenvalue weighted by Gasteiger charge is -2.33. The van der Waals surface area contributed by atoms with Crippen molar-refractivity contribution in [2.45, 2.75) is 18.6 Å². The number of rotatable bonds is 8. The third kappa shape index (κ3) is 4.74. The number of H-pyrrole nitrogens is 1. The molecule has 6 heteroatoms. The highest BCUT2D eigenvalue weighted by atomic mass is 16.5. The van der Waals surface area contributed by atoms with Gasteiger partial charge in [-0.05, 0) is 29.3 Å². The van der Waals surface area contributed by atoms with Gasteiger partial charge in [-0.1, -0.05) is 84.9 Å². The maximum atomic E-state index is 14.1. The first-order valence-electron chi connectivity index (χ1n) is 11.7. The van der Waals surface area contributed by atoms with Crippen LogP contribution in [0.4, 0.5) is 0 Å². The Balaban J connectivity index is 1.63. The van der Waals surface area contributed by atoms with Gasteiger partial charge in [-0.25, -0.2) is 4.79 Å². The van der Waals surface area contributed by atoms with Crippen LogP contribution in [0.15, 0.2) is 116 Å². The number of carbonyl (C=O) groups is 2. The summed E-state index contributed by atoms with van der Waals surface area (Å²) in [6.07, 6.45) is 3.52. The second kappa shape index (κ2) is 10.3. The van der Waals surface area contributed by atoms with Gasteiger partial charge in [0.1, 0.15) is 12.3 Å². The van der Waals surface area contributed by atoms with Crippen molar-refractivity contribution in [2.75, 3.05) is 0 Å². The summed E-state index contributed by atoms with van der Waals surface area (Å²) in [6.45, 7) is 0.0814. The number of amides is 1. The summed E-state index contributed by atoms with van der Waals surface area (Å²) >= 11 is 0. The van der Waals surface area contributed by atoms with Crippen LogP contribution in [-0.2, 0) is 28.1 Å². The van der Waals surface area contributed by atoms with Crippen molar-refractivity contribution in [3.05, 3.63) is 138 Å². The van der Waals surface area contributed by atoms with Gasteiger partial charge < -0.3 is 15.0 Å². The molecule has 0 saturated heterocycles. The van der Waals surface area contributed by atoms with Gasteiger partial charge in [-0.2, -0.15) is 0 Å². The Labute approximate surface area is 209 Å². The van der Waals surface area contributed by atoms with E-state index in [1.807, 2.05) is 84.9 Å². The molecule has 0 bridgehead atoms. The molecular weight excluding hydrogens is 450 g/mol. The van der Waals surface area contributed by atoms with Crippen LogP contribution in [0.5, 0.6) is 0 Å². The fraction of sp³-hybridized carbons (Fsp3) is 0.100. The molecule has 2 N–H and O–H groups in total. The fourth-order valence-corrected chi connectivity index (χ4v) is 4.37. The number of nitrogens with one attached hydrogen (secondary N) is 2. The van der Waals surface area contributed by atoms with Crippen LogP contribution in [0.3, 0.4) is 0 Å². The number of hydrogen-bond acceptors (Lipinski definition) is 4. The molecule has 0 aliphatic heterocycles. The van der Waals surface area contributed by atoms with E-state index in [0.717, 1.165) is 22.0 Å². The van der Waals surface area contributed by atoms with Gasteiger partial charge in [0.15, 0.2) is 5.54 Å². The zero-order valence-electron chi connectivity index (χ0n) is 19.6. The lowest BCUT2D eigenvalue weighted by molar-refractivity contribution is -0.153. The maximum absolute atomic E-state index is 14.1. The van der Waals surface area contributed by atoms with Gasteiger partial charge in [-0.15, -0.1) is 0 Å². The van der Waals surface area contributed by atoms with Crippen LogP contribution in [0.2, 0.25) is 0 Å². The van der Waals surface area contributed by atoms with Crippen LogP contribution in [-0.4, -0.2) is 21.8 Å². The number of hydrogen-bond donors (Lipinski definition) is 2. The van der Waals surface area contributed by atoms with Crippen LogP contribution < -0.4 is 5.32 Å². The molecule has 5 aromatic rings. The molecule has 0 aliphatic rings. The standard InChI is InChI=1S/C30H25N3O3/c34-28(27-17-9-10-18-31-27)33-30(19-22-11-3-1-4-12-22,25-20-32-26-16-8-7-15-24(25)26)29(35)36-21-23-13-5-2-6-14-23/h1-18,20,32H,19,21H2,(H,33,34). The first-order chi connectivity index (χ1) is 17.7. The Morgan fingerprint density at radius 3 is 2.19 bits per heavy atom. The quantitative estimate of drug-likeness (QED) is 0.303. The highest BCUT2D eigenvalue weighted by molar-refractivity contribution is 6.00. The van der Waals surface area contributed by atoms with E-state index in [1.165, 1.54) is 0 Å². The van der Waals surface area contributed by atoms with Crippen molar-refractivity contribution >= 4 is 22.8 Å². The van der Waals surface area contributed by atoms with E-state index in [2.05, 4.69) is 15.3 Å². The second-order valence-corrected chi connectivity index (χ2v) is 8.55. The van der Waals surface area contributed by atoms with E-state index in [-0.39, 0.29) is 18.7 Å². The number of benzene rings is 3. The molecule has 6 nitrogen and oxygen atoms in total. The molecule has 36 heavy (non-hydrogen) atoms. The number of carbonyl (C=O) groups excluding carboxylic acids is 2. The zero-order valence-corrected chi connectivity index (χ0v) is 19.6. The van der Waals surface area contributed by atoms with E-state index in [0.29, 0.717) is 5.56 Å². The summed E-state index contributed by atoms with van der Waals surface area (Å²) in [5.41, 5.74) is 1.92. The van der Waals surface area contributed by atoms with Crippen LogP contribution in [0, 0.1) is 0 Å². The Hall–Kier alpha value is -4.71. The maximum Gasteiger partial charge on any atom is 0.337 e. The molecule has 3 aromatic carbocycles. The number of fused-ring (bicyclic) bond motifs is 1. The average Bonchev–Trinajstić information content (AvgIpc) is 3.38. The highest BCUT2D eigenvalue weighted by Gasteiger charge is 2.45. The van der Waals surface area contributed by atoms with E-state index in [9.17, 15) is 9.59 Å². The summed E-state index contributed by atoms with van der Waals surface area (Å²) in [4.78, 5) is 35.0. The summed E-state index contributed by atoms with van der Waals surface area (Å²) in [7, 11) is 0. The van der Waals surface area contributed by atoms with Gasteiger partial charge in [0.2, 0.25) is 0 Å². The minimum Gasteiger partial charge on any atom is -0.459 e. The number of ether oxygens (including phenoxy) is 1. The number of nitrogens with zero attached hydrogens (tertiary/aromatic N) is 1. The average molecular weight is 476 g/mol. The lowest BCUT2D eigenvalue weighted by Crippen LogP contribution is -2.54. The molecule has 1 amide bonds. The van der Waals surface area contributed by atoms with Crippen LogP contribution in [0.25, 0.3) is 10.9 Å². The van der Waals surface area contributed by atoms with Gasteiger partial charge in [0, 0.05) is 35.3 Å². The smallest absolute Gasteiger partial charge is 0.337 e. The Morgan fingerprint density at radius 1 is 0.806 bits per heavy atom. The zero-order chi connectivity index (χ0) is 24.8. The summed E-state index contributed by atoms with van der Waals surface area (Å²) in [5.74, 6) is -1.02.